The van der Waals surface area contributed by atoms with Crippen molar-refractivity contribution in [3.63, 3.8) is 0 Å². The molecule has 2 atom stereocenters. The predicted molar refractivity (Wildman–Crippen MR) is 132 cm³/mol. The summed E-state index contributed by atoms with van der Waals surface area (Å²) in [5.74, 6) is -0.959. The third kappa shape index (κ3) is 3.74. The fourth-order valence-electron chi connectivity index (χ4n) is 5.00. The molecule has 2 aromatic heterocycles. The number of nitrogens with two attached hydrogens (primary N) is 1. The molecule has 192 valence electrons. The number of fused-ring (bicyclic) bond motifs is 2. The third-order valence-electron chi connectivity index (χ3n) is 7.24. The van der Waals surface area contributed by atoms with E-state index in [-0.39, 0.29) is 42.5 Å². The number of carbonyl (C=O) groups excluding carboxylic acids is 1. The number of ether oxygens (including phenoxy) is 1. The van der Waals surface area contributed by atoms with Crippen LogP contribution in [0.25, 0.3) is 21.9 Å². The summed E-state index contributed by atoms with van der Waals surface area (Å²) in [6, 6.07) is 2.60. The Kier molecular flexibility index (Phi) is 5.28. The monoisotopic (exact) mass is 510 g/mol. The summed E-state index contributed by atoms with van der Waals surface area (Å²) >= 11 is 0. The van der Waals surface area contributed by atoms with Crippen LogP contribution in [0.5, 0.6) is 5.88 Å². The van der Waals surface area contributed by atoms with Crippen molar-refractivity contribution in [3.8, 4) is 17.0 Å². The molecule has 4 N–H and O–H groups in total. The Morgan fingerprint density at radius 1 is 1.24 bits per heavy atom. The molecule has 1 saturated heterocycles. The largest absolute Gasteiger partial charge is 0.474 e. The predicted octanol–water partition coefficient (Wildman–Crippen LogP) is 3.18. The van der Waals surface area contributed by atoms with Gasteiger partial charge in [-0.2, -0.15) is 0 Å². The topological polar surface area (TPSA) is 134 Å². The molecule has 4 heterocycles. The number of amides is 2. The zero-order chi connectivity index (χ0) is 26.0. The van der Waals surface area contributed by atoms with Gasteiger partial charge in [0.15, 0.2) is 5.82 Å². The molecule has 2 amide bonds. The summed E-state index contributed by atoms with van der Waals surface area (Å²) < 4.78 is 34.2. The molecule has 1 saturated carbocycles. The van der Waals surface area contributed by atoms with Crippen molar-refractivity contribution in [1.82, 2.24) is 14.9 Å². The highest BCUT2D eigenvalue weighted by Crippen LogP contribution is 2.40. The van der Waals surface area contributed by atoms with Gasteiger partial charge >= 0.3 is 6.09 Å². The van der Waals surface area contributed by atoms with Crippen molar-refractivity contribution in [3.05, 3.63) is 35.9 Å². The average molecular weight is 511 g/mol. The lowest BCUT2D eigenvalue weighted by molar-refractivity contribution is -0.137. The first kappa shape index (κ1) is 23.2. The summed E-state index contributed by atoms with van der Waals surface area (Å²) in [5, 5.41) is 14.0. The number of rotatable bonds is 4. The summed E-state index contributed by atoms with van der Waals surface area (Å²) in [5.41, 5.74) is 8.20. The minimum Gasteiger partial charge on any atom is -0.474 e. The minimum atomic E-state index is -1.24. The number of carbonyl (C=O) groups is 2. The fraction of sp³-hybridized carbons (Fsp3) is 0.360. The number of hydrogen-bond donors (Lipinski definition) is 3. The number of pyridine rings is 2. The third-order valence-corrected chi connectivity index (χ3v) is 7.24. The molecule has 0 spiro atoms. The number of alkyl halides is 1. The average Bonchev–Trinajstić information content (AvgIpc) is 3.59. The number of aromatic nitrogens is 2. The Labute approximate surface area is 210 Å². The van der Waals surface area contributed by atoms with E-state index in [4.69, 9.17) is 10.5 Å². The van der Waals surface area contributed by atoms with Crippen molar-refractivity contribution in [2.24, 2.45) is 5.92 Å². The van der Waals surface area contributed by atoms with Gasteiger partial charge in [-0.1, -0.05) is 0 Å². The summed E-state index contributed by atoms with van der Waals surface area (Å²) in [4.78, 5) is 35.5. The summed E-state index contributed by atoms with van der Waals surface area (Å²) in [6.45, 7) is 3.22. The van der Waals surface area contributed by atoms with Gasteiger partial charge in [-0.15, -0.1) is 0 Å². The van der Waals surface area contributed by atoms with E-state index in [1.54, 1.807) is 6.07 Å². The molecule has 1 aliphatic carbocycles. The number of nitrogens with one attached hydrogen (secondary N) is 1. The number of hydrogen-bond acceptors (Lipinski definition) is 7. The zero-order valence-electron chi connectivity index (χ0n) is 19.9. The van der Waals surface area contributed by atoms with Crippen LogP contribution in [0.2, 0.25) is 0 Å². The second-order valence-corrected chi connectivity index (χ2v) is 9.58. The Hall–Kier alpha value is -4.22. The van der Waals surface area contributed by atoms with Crippen LogP contribution < -0.4 is 20.7 Å². The Balaban J connectivity index is 1.35. The first-order chi connectivity index (χ1) is 17.7. The zero-order valence-corrected chi connectivity index (χ0v) is 19.9. The molecule has 2 fully saturated rings. The molecule has 6 rings (SSSR count). The van der Waals surface area contributed by atoms with Gasteiger partial charge in [-0.3, -0.25) is 9.69 Å². The van der Waals surface area contributed by atoms with Crippen molar-refractivity contribution < 1.29 is 28.2 Å². The van der Waals surface area contributed by atoms with E-state index in [1.807, 2.05) is 6.92 Å². The quantitative estimate of drug-likeness (QED) is 0.456. The molecular formula is C25H24F2N6O4. The first-order valence-electron chi connectivity index (χ1n) is 11.9. The smallest absolute Gasteiger partial charge is 0.413 e. The number of nitrogens with zero attached hydrogens (tertiary/aromatic N) is 4. The number of nitrogen functional groups attached to an aromatic ring is 1. The highest BCUT2D eigenvalue weighted by Gasteiger charge is 2.49. The van der Waals surface area contributed by atoms with Crippen LogP contribution in [-0.2, 0) is 4.79 Å². The maximum atomic E-state index is 15.4. The summed E-state index contributed by atoms with van der Waals surface area (Å²) in [6.07, 6.45) is 0.738. The molecule has 37 heavy (non-hydrogen) atoms. The molecule has 1 aromatic carbocycles. The van der Waals surface area contributed by atoms with Crippen LogP contribution >= 0.6 is 0 Å². The van der Waals surface area contributed by atoms with Crippen LogP contribution in [0.4, 0.5) is 30.8 Å². The highest BCUT2D eigenvalue weighted by atomic mass is 19.1. The lowest BCUT2D eigenvalue weighted by Gasteiger charge is -2.43. The van der Waals surface area contributed by atoms with E-state index >= 15 is 4.39 Å². The fourth-order valence-corrected chi connectivity index (χ4v) is 5.00. The number of anilines is 3. The van der Waals surface area contributed by atoms with Crippen LogP contribution in [0.1, 0.15) is 12.0 Å². The SMILES string of the molecule is Cc1c(-c2cc3cc(N(C(=O)O)C4CN(C(=O)[C@H]5C[C@@H]5F)C4)ncc3c(N)c2F)cnc2c1NCCO2. The lowest BCUT2D eigenvalue weighted by Crippen LogP contribution is -2.63. The van der Waals surface area contributed by atoms with Gasteiger partial charge in [-0.05, 0) is 36.4 Å². The Morgan fingerprint density at radius 3 is 2.70 bits per heavy atom. The van der Waals surface area contributed by atoms with Crippen LogP contribution in [0.15, 0.2) is 24.5 Å². The molecule has 0 bridgehead atoms. The molecular weight excluding hydrogens is 486 g/mol. The molecule has 3 aliphatic rings. The van der Waals surface area contributed by atoms with Gasteiger partial charge in [0.1, 0.15) is 24.3 Å². The summed E-state index contributed by atoms with van der Waals surface area (Å²) in [7, 11) is 0. The van der Waals surface area contributed by atoms with Gasteiger partial charge < -0.3 is 25.8 Å². The molecule has 10 nitrogen and oxygen atoms in total. The van der Waals surface area contributed by atoms with E-state index < -0.39 is 30.0 Å². The van der Waals surface area contributed by atoms with Crippen LogP contribution in [-0.4, -0.2) is 70.4 Å². The highest BCUT2D eigenvalue weighted by molar-refractivity contribution is 6.00. The molecule has 0 unspecified atom stereocenters. The maximum Gasteiger partial charge on any atom is 0.413 e. The van der Waals surface area contributed by atoms with Gasteiger partial charge in [0.25, 0.3) is 0 Å². The maximum absolute atomic E-state index is 15.4. The van der Waals surface area contributed by atoms with Gasteiger partial charge in [0.05, 0.1) is 17.6 Å². The van der Waals surface area contributed by atoms with Crippen molar-refractivity contribution in [2.75, 3.05) is 42.2 Å². The lowest BCUT2D eigenvalue weighted by atomic mass is 9.97. The van der Waals surface area contributed by atoms with E-state index in [9.17, 15) is 19.1 Å². The number of carboxylic acid groups (broad SMARTS) is 1. The molecule has 2 aliphatic heterocycles. The Bertz CT molecular complexity index is 1460. The molecule has 0 radical (unpaired) electrons. The van der Waals surface area contributed by atoms with Crippen LogP contribution in [0, 0.1) is 18.7 Å². The van der Waals surface area contributed by atoms with Crippen LogP contribution in [0.3, 0.4) is 0 Å². The number of benzene rings is 1. The number of halogens is 2. The van der Waals surface area contributed by atoms with E-state index in [0.29, 0.717) is 41.1 Å². The minimum absolute atomic E-state index is 0.111. The standard InChI is InChI=1S/C25H24F2N6O4/c1-11-16(7-31-23-22(11)29-2-3-37-23)14-4-12-5-19(30-8-17(12)21(28)20(14)27)33(25(35)36)13-9-32(10-13)24(34)15-6-18(15)26/h4-5,7-8,13,15,18,29H,2-3,6,9-10,28H2,1H3,(H,35,36)/t15-,18-/m0/s1. The van der Waals surface area contributed by atoms with E-state index in [2.05, 4.69) is 15.3 Å². The normalized spacial score (nSPS) is 20.5. The second-order valence-electron chi connectivity index (χ2n) is 9.58. The van der Waals surface area contributed by atoms with E-state index in [0.717, 1.165) is 10.5 Å². The first-order valence-corrected chi connectivity index (χ1v) is 11.9. The van der Waals surface area contributed by atoms with E-state index in [1.165, 1.54) is 23.4 Å². The van der Waals surface area contributed by atoms with Crippen molar-refractivity contribution >= 4 is 40.0 Å². The van der Waals surface area contributed by atoms with Gasteiger partial charge in [0, 0.05) is 48.5 Å². The van der Waals surface area contributed by atoms with Gasteiger partial charge in [0.2, 0.25) is 11.8 Å². The van der Waals surface area contributed by atoms with Crippen molar-refractivity contribution in [1.29, 1.82) is 0 Å². The van der Waals surface area contributed by atoms with Crippen molar-refractivity contribution in [2.45, 2.75) is 25.6 Å². The Morgan fingerprint density at radius 2 is 2.00 bits per heavy atom. The molecule has 3 aromatic rings. The molecule has 12 heteroatoms. The number of likely N-dealkylation sites (tertiary alicyclic amines) is 1. The van der Waals surface area contributed by atoms with Gasteiger partial charge in [-0.25, -0.2) is 23.5 Å². The second kappa shape index (κ2) is 8.43.